The van der Waals surface area contributed by atoms with Crippen LogP contribution in [0, 0.1) is 5.82 Å². The summed E-state index contributed by atoms with van der Waals surface area (Å²) in [6, 6.07) is 11.1. The first-order valence-electron chi connectivity index (χ1n) is 9.65. The van der Waals surface area contributed by atoms with Gasteiger partial charge in [0.1, 0.15) is 17.7 Å². The molecule has 160 valence electrons. The number of H-pyrrole nitrogens is 1. The fraction of sp³-hybridized carbons (Fsp3) is 0.0909. The molecular formula is C22H15Cl2FN6O. The number of benzene rings is 2. The zero-order chi connectivity index (χ0) is 22.4. The first kappa shape index (κ1) is 20.4. The molecule has 7 nitrogen and oxygen atoms in total. The average Bonchev–Trinajstić information content (AvgIpc) is 3.27. The van der Waals surface area contributed by atoms with Gasteiger partial charge in [0.15, 0.2) is 11.5 Å². The highest BCUT2D eigenvalue weighted by Crippen LogP contribution is 2.31. The van der Waals surface area contributed by atoms with Gasteiger partial charge in [0.25, 0.3) is 5.56 Å². The van der Waals surface area contributed by atoms with Crippen LogP contribution in [0.25, 0.3) is 27.6 Å². The standard InChI is InChI=1S/C22H15Cl2FN6O/c1-11(30-21-19-20(27-9-26-19)28-10-29-21)16-8-12-6-7-14(25)18(24)17(12)22(32)31(16)15-5-3-2-4-13(15)23/h2-11H,1H3,(H2,26,27,28,29,30)/t11-/m1/s1. The Morgan fingerprint density at radius 3 is 2.75 bits per heavy atom. The Morgan fingerprint density at radius 1 is 1.12 bits per heavy atom. The molecule has 2 aromatic carbocycles. The number of hydrogen-bond acceptors (Lipinski definition) is 5. The van der Waals surface area contributed by atoms with E-state index in [4.69, 9.17) is 23.2 Å². The van der Waals surface area contributed by atoms with Crippen LogP contribution in [0.1, 0.15) is 18.7 Å². The summed E-state index contributed by atoms with van der Waals surface area (Å²) in [6.45, 7) is 1.87. The molecule has 0 spiro atoms. The smallest absolute Gasteiger partial charge is 0.264 e. The minimum absolute atomic E-state index is 0.0827. The van der Waals surface area contributed by atoms with E-state index in [-0.39, 0.29) is 10.4 Å². The highest BCUT2D eigenvalue weighted by molar-refractivity contribution is 6.35. The van der Waals surface area contributed by atoms with Crippen molar-refractivity contribution in [3.05, 3.63) is 87.0 Å². The van der Waals surface area contributed by atoms with E-state index in [0.717, 1.165) is 0 Å². The molecule has 3 aromatic heterocycles. The van der Waals surface area contributed by atoms with Crippen molar-refractivity contribution >= 4 is 51.0 Å². The van der Waals surface area contributed by atoms with Crippen LogP contribution in [0.4, 0.5) is 10.2 Å². The SMILES string of the molecule is C[C@@H](Nc1ncnc2[nH]cnc12)c1cc2ccc(F)c(Cl)c2c(=O)n1-c1ccccc1Cl. The summed E-state index contributed by atoms with van der Waals surface area (Å²) >= 11 is 12.6. The van der Waals surface area contributed by atoms with Crippen molar-refractivity contribution in [3.63, 3.8) is 0 Å². The van der Waals surface area contributed by atoms with Crippen LogP contribution in [0.2, 0.25) is 10.0 Å². The van der Waals surface area contributed by atoms with Crippen molar-refractivity contribution in [2.24, 2.45) is 0 Å². The molecule has 2 N–H and O–H groups in total. The number of imidazole rings is 1. The van der Waals surface area contributed by atoms with Gasteiger partial charge in [0, 0.05) is 5.69 Å². The van der Waals surface area contributed by atoms with Crippen molar-refractivity contribution in [2.75, 3.05) is 5.32 Å². The highest BCUT2D eigenvalue weighted by atomic mass is 35.5. The molecule has 0 aliphatic heterocycles. The summed E-state index contributed by atoms with van der Waals surface area (Å²) in [5, 5.41) is 4.03. The van der Waals surface area contributed by atoms with Gasteiger partial charge in [-0.2, -0.15) is 0 Å². The summed E-state index contributed by atoms with van der Waals surface area (Å²) in [4.78, 5) is 29.2. The Morgan fingerprint density at radius 2 is 1.94 bits per heavy atom. The number of aromatic amines is 1. The molecular weight excluding hydrogens is 454 g/mol. The molecule has 5 rings (SSSR count). The van der Waals surface area contributed by atoms with Crippen molar-refractivity contribution in [3.8, 4) is 5.69 Å². The summed E-state index contributed by atoms with van der Waals surface area (Å²) in [5.41, 5.74) is 1.71. The monoisotopic (exact) mass is 468 g/mol. The van der Waals surface area contributed by atoms with Crippen LogP contribution in [0.3, 0.4) is 0 Å². The second-order valence-corrected chi connectivity index (χ2v) is 7.96. The molecule has 0 fully saturated rings. The van der Waals surface area contributed by atoms with Crippen molar-refractivity contribution < 1.29 is 4.39 Å². The number of rotatable bonds is 4. The van der Waals surface area contributed by atoms with Crippen molar-refractivity contribution in [2.45, 2.75) is 13.0 Å². The predicted molar refractivity (Wildman–Crippen MR) is 123 cm³/mol. The van der Waals surface area contributed by atoms with Crippen LogP contribution in [0.5, 0.6) is 0 Å². The molecule has 0 aliphatic rings. The molecule has 0 radical (unpaired) electrons. The lowest BCUT2D eigenvalue weighted by Crippen LogP contribution is -2.26. The number of halogens is 3. The number of nitrogens with one attached hydrogen (secondary N) is 2. The van der Waals surface area contributed by atoms with Crippen LogP contribution >= 0.6 is 23.2 Å². The fourth-order valence-electron chi connectivity index (χ4n) is 3.71. The number of anilines is 1. The molecule has 0 amide bonds. The Labute approximate surface area is 190 Å². The van der Waals surface area contributed by atoms with Gasteiger partial charge in [-0.1, -0.05) is 41.4 Å². The van der Waals surface area contributed by atoms with Crippen molar-refractivity contribution in [1.82, 2.24) is 24.5 Å². The van der Waals surface area contributed by atoms with E-state index in [0.29, 0.717) is 38.8 Å². The maximum absolute atomic E-state index is 14.2. The van der Waals surface area contributed by atoms with Crippen LogP contribution in [0.15, 0.2) is 59.9 Å². The third kappa shape index (κ3) is 3.28. The predicted octanol–water partition coefficient (Wildman–Crippen LogP) is 5.28. The van der Waals surface area contributed by atoms with Crippen LogP contribution in [-0.4, -0.2) is 24.5 Å². The lowest BCUT2D eigenvalue weighted by atomic mass is 10.1. The van der Waals surface area contributed by atoms with E-state index in [9.17, 15) is 9.18 Å². The largest absolute Gasteiger partial charge is 0.360 e. The first-order valence-corrected chi connectivity index (χ1v) is 10.4. The van der Waals surface area contributed by atoms with Gasteiger partial charge >= 0.3 is 0 Å². The Hall–Kier alpha value is -3.49. The molecule has 0 saturated carbocycles. The van der Waals surface area contributed by atoms with Gasteiger partial charge in [-0.25, -0.2) is 19.3 Å². The minimum atomic E-state index is -0.664. The van der Waals surface area contributed by atoms with E-state index < -0.39 is 17.4 Å². The van der Waals surface area contributed by atoms with Gasteiger partial charge in [-0.05, 0) is 36.6 Å². The number of para-hydroxylation sites is 1. The average molecular weight is 469 g/mol. The highest BCUT2D eigenvalue weighted by Gasteiger charge is 2.21. The lowest BCUT2D eigenvalue weighted by molar-refractivity contribution is 0.629. The maximum Gasteiger partial charge on any atom is 0.264 e. The number of aromatic nitrogens is 5. The molecule has 1 atom stereocenters. The minimum Gasteiger partial charge on any atom is -0.360 e. The number of nitrogens with zero attached hydrogens (tertiary/aromatic N) is 4. The van der Waals surface area contributed by atoms with Gasteiger partial charge in [0.05, 0.1) is 33.5 Å². The molecule has 0 unspecified atom stereocenters. The quantitative estimate of drug-likeness (QED) is 0.374. The Kier molecular flexibility index (Phi) is 5.03. The second-order valence-electron chi connectivity index (χ2n) is 7.17. The molecule has 10 heteroatoms. The zero-order valence-electron chi connectivity index (χ0n) is 16.6. The van der Waals surface area contributed by atoms with Gasteiger partial charge in [0.2, 0.25) is 0 Å². The van der Waals surface area contributed by atoms with E-state index in [2.05, 4.69) is 25.3 Å². The van der Waals surface area contributed by atoms with Crippen LogP contribution < -0.4 is 10.9 Å². The normalized spacial score (nSPS) is 12.4. The number of hydrogen-bond donors (Lipinski definition) is 2. The third-order valence-electron chi connectivity index (χ3n) is 5.21. The Balaban J connectivity index is 1.75. The van der Waals surface area contributed by atoms with Crippen molar-refractivity contribution in [1.29, 1.82) is 0 Å². The van der Waals surface area contributed by atoms with E-state index in [1.54, 1.807) is 30.3 Å². The maximum atomic E-state index is 14.2. The topological polar surface area (TPSA) is 88.5 Å². The van der Waals surface area contributed by atoms with Gasteiger partial charge in [-0.15, -0.1) is 0 Å². The number of fused-ring (bicyclic) bond motifs is 2. The Bertz CT molecular complexity index is 1550. The van der Waals surface area contributed by atoms with Gasteiger partial charge < -0.3 is 10.3 Å². The zero-order valence-corrected chi connectivity index (χ0v) is 18.1. The van der Waals surface area contributed by atoms with E-state index in [1.165, 1.54) is 29.4 Å². The molecule has 3 heterocycles. The van der Waals surface area contributed by atoms with Gasteiger partial charge in [-0.3, -0.25) is 9.36 Å². The summed E-state index contributed by atoms with van der Waals surface area (Å²) < 4.78 is 15.6. The molecule has 0 aliphatic carbocycles. The van der Waals surface area contributed by atoms with E-state index in [1.807, 2.05) is 6.92 Å². The molecule has 0 bridgehead atoms. The number of pyridine rings is 1. The molecule has 5 aromatic rings. The van der Waals surface area contributed by atoms with E-state index >= 15 is 0 Å². The lowest BCUT2D eigenvalue weighted by Gasteiger charge is -2.22. The fourth-order valence-corrected chi connectivity index (χ4v) is 4.18. The third-order valence-corrected chi connectivity index (χ3v) is 5.90. The molecule has 32 heavy (non-hydrogen) atoms. The van der Waals surface area contributed by atoms with Crippen LogP contribution in [-0.2, 0) is 0 Å². The molecule has 0 saturated heterocycles. The summed E-state index contributed by atoms with van der Waals surface area (Å²) in [6.07, 6.45) is 2.95. The first-order chi connectivity index (χ1) is 15.5. The second kappa shape index (κ2) is 7.89. The summed E-state index contributed by atoms with van der Waals surface area (Å²) in [7, 11) is 0. The summed E-state index contributed by atoms with van der Waals surface area (Å²) in [5.74, 6) is -0.165.